The van der Waals surface area contributed by atoms with Crippen LogP contribution in [0, 0.1) is 17.3 Å². The summed E-state index contributed by atoms with van der Waals surface area (Å²) in [4.78, 5) is 2.14. The average Bonchev–Trinajstić information content (AvgIpc) is 2.59. The van der Waals surface area contributed by atoms with Gasteiger partial charge in [0, 0.05) is 19.0 Å². The third-order valence-corrected chi connectivity index (χ3v) is 2.58. The average molecular weight is 275 g/mol. The van der Waals surface area contributed by atoms with Gasteiger partial charge in [-0.25, -0.2) is 0 Å². The summed E-state index contributed by atoms with van der Waals surface area (Å²) in [7, 11) is 2.04. The number of ether oxygens (including phenoxy) is 1. The predicted molar refractivity (Wildman–Crippen MR) is 88.1 cm³/mol. The summed E-state index contributed by atoms with van der Waals surface area (Å²) in [6, 6.07) is 0. The molecular weight excluding hydrogens is 246 g/mol. The Morgan fingerprint density at radius 3 is 2.45 bits per heavy atom. The van der Waals surface area contributed by atoms with Crippen LogP contribution in [0.25, 0.3) is 0 Å². The molecule has 0 saturated heterocycles. The van der Waals surface area contributed by atoms with Crippen LogP contribution < -0.4 is 0 Å². The van der Waals surface area contributed by atoms with Gasteiger partial charge < -0.3 is 9.64 Å². The molecule has 2 heteroatoms. The molecule has 0 aliphatic carbocycles. The van der Waals surface area contributed by atoms with Gasteiger partial charge in [-0.2, -0.15) is 0 Å². The van der Waals surface area contributed by atoms with Crippen molar-refractivity contribution >= 4 is 0 Å². The monoisotopic (exact) mass is 275 g/mol. The number of likely N-dealkylation sites (N-methyl/N-ethyl adjacent to an activating group) is 1. The van der Waals surface area contributed by atoms with E-state index >= 15 is 0 Å². The molecule has 0 saturated carbocycles. The normalized spacial score (nSPS) is 15.0. The summed E-state index contributed by atoms with van der Waals surface area (Å²) in [5, 5.41) is 0. The first kappa shape index (κ1) is 18.4. The first-order valence-electron chi connectivity index (χ1n) is 7.28. The van der Waals surface area contributed by atoms with E-state index in [1.807, 2.05) is 27.0 Å². The molecule has 0 N–H and O–H groups in total. The highest BCUT2D eigenvalue weighted by Crippen LogP contribution is 2.22. The van der Waals surface area contributed by atoms with E-state index in [2.05, 4.69) is 50.7 Å². The molecule has 1 aliphatic heterocycles. The van der Waals surface area contributed by atoms with Crippen LogP contribution in [0.1, 0.15) is 41.0 Å². The van der Waals surface area contributed by atoms with Crippen molar-refractivity contribution in [1.82, 2.24) is 4.90 Å². The first-order valence-corrected chi connectivity index (χ1v) is 7.28. The van der Waals surface area contributed by atoms with Crippen molar-refractivity contribution < 1.29 is 4.74 Å². The minimum atomic E-state index is -0.0333. The Kier molecular flexibility index (Phi) is 7.84. The molecule has 1 rings (SSSR count). The molecule has 0 radical (unpaired) electrons. The summed E-state index contributed by atoms with van der Waals surface area (Å²) in [6.45, 7) is 19.8. The van der Waals surface area contributed by atoms with Crippen LogP contribution in [0.15, 0.2) is 36.3 Å². The van der Waals surface area contributed by atoms with Crippen LogP contribution >= 0.6 is 0 Å². The fourth-order valence-electron chi connectivity index (χ4n) is 1.65. The van der Waals surface area contributed by atoms with Gasteiger partial charge in [-0.05, 0) is 33.3 Å². The van der Waals surface area contributed by atoms with Crippen molar-refractivity contribution in [2.24, 2.45) is 5.41 Å². The van der Waals surface area contributed by atoms with Gasteiger partial charge in [-0.15, -0.1) is 0 Å². The van der Waals surface area contributed by atoms with E-state index in [0.717, 1.165) is 30.0 Å². The van der Waals surface area contributed by atoms with Crippen LogP contribution in [0.5, 0.6) is 0 Å². The van der Waals surface area contributed by atoms with E-state index in [9.17, 15) is 0 Å². The molecule has 20 heavy (non-hydrogen) atoms. The fourth-order valence-corrected chi connectivity index (χ4v) is 1.65. The highest BCUT2D eigenvalue weighted by Gasteiger charge is 2.16. The molecule has 0 atom stereocenters. The lowest BCUT2D eigenvalue weighted by Crippen LogP contribution is -2.17. The Morgan fingerprint density at radius 1 is 1.35 bits per heavy atom. The highest BCUT2D eigenvalue weighted by atomic mass is 16.5. The Balaban J connectivity index is 0.00000172. The molecular formula is C18H29NO. The number of hydrogen-bond donors (Lipinski definition) is 0. The molecule has 0 amide bonds. The van der Waals surface area contributed by atoms with Gasteiger partial charge in [0.15, 0.2) is 5.76 Å². The van der Waals surface area contributed by atoms with E-state index in [1.165, 1.54) is 0 Å². The zero-order valence-electron chi connectivity index (χ0n) is 14.0. The molecule has 1 aliphatic rings. The highest BCUT2D eigenvalue weighted by molar-refractivity contribution is 5.45. The lowest BCUT2D eigenvalue weighted by Gasteiger charge is -2.19. The Labute approximate surface area is 125 Å². The van der Waals surface area contributed by atoms with Crippen LogP contribution in [0.4, 0.5) is 0 Å². The molecule has 112 valence electrons. The van der Waals surface area contributed by atoms with Crippen molar-refractivity contribution in [3.8, 4) is 11.8 Å². The van der Waals surface area contributed by atoms with E-state index in [1.54, 1.807) is 0 Å². The van der Waals surface area contributed by atoms with Gasteiger partial charge in [-0.3, -0.25) is 0 Å². The zero-order valence-corrected chi connectivity index (χ0v) is 14.0. The molecule has 1 heterocycles. The van der Waals surface area contributed by atoms with E-state index < -0.39 is 0 Å². The molecule has 0 aromatic carbocycles. The smallest absolute Gasteiger partial charge is 0.157 e. The fraction of sp³-hybridized carbons (Fsp3) is 0.556. The molecule has 0 unspecified atom stereocenters. The summed E-state index contributed by atoms with van der Waals surface area (Å²) < 4.78 is 5.77. The van der Waals surface area contributed by atoms with E-state index in [0.29, 0.717) is 6.61 Å². The number of hydrogen-bond acceptors (Lipinski definition) is 2. The number of nitrogens with zero attached hydrogens (tertiary/aromatic N) is 1. The molecule has 0 bridgehead atoms. The van der Waals surface area contributed by atoms with Gasteiger partial charge in [0.1, 0.15) is 0 Å². The first-order chi connectivity index (χ1) is 9.35. The second-order valence-electron chi connectivity index (χ2n) is 5.52. The number of rotatable bonds is 2. The third-order valence-electron chi connectivity index (χ3n) is 2.58. The molecule has 2 nitrogen and oxygen atoms in total. The van der Waals surface area contributed by atoms with Crippen molar-refractivity contribution in [3.63, 3.8) is 0 Å². The van der Waals surface area contributed by atoms with Crippen LogP contribution in [0.2, 0.25) is 0 Å². The van der Waals surface area contributed by atoms with E-state index in [4.69, 9.17) is 4.74 Å². The third kappa shape index (κ3) is 6.02. The molecule has 0 fully saturated rings. The lowest BCUT2D eigenvalue weighted by molar-refractivity contribution is 0.224. The lowest BCUT2D eigenvalue weighted by atomic mass is 9.97. The van der Waals surface area contributed by atoms with Crippen molar-refractivity contribution in [1.29, 1.82) is 0 Å². The molecule has 0 spiro atoms. The van der Waals surface area contributed by atoms with Crippen LogP contribution in [-0.2, 0) is 4.74 Å². The van der Waals surface area contributed by atoms with Crippen LogP contribution in [-0.4, -0.2) is 25.1 Å². The largest absolute Gasteiger partial charge is 0.490 e. The Bertz CT molecular complexity index is 427. The zero-order chi connectivity index (χ0) is 15.8. The summed E-state index contributed by atoms with van der Waals surface area (Å²) in [5.74, 6) is 7.05. The minimum absolute atomic E-state index is 0.0333. The molecule has 0 aromatic rings. The summed E-state index contributed by atoms with van der Waals surface area (Å²) in [6.07, 6.45) is 2.81. The quantitative estimate of drug-likeness (QED) is 0.694. The van der Waals surface area contributed by atoms with E-state index in [-0.39, 0.29) is 5.41 Å². The Hall–Kier alpha value is -1.62. The predicted octanol–water partition coefficient (Wildman–Crippen LogP) is 4.37. The van der Waals surface area contributed by atoms with Gasteiger partial charge >= 0.3 is 0 Å². The molecule has 0 aromatic heterocycles. The number of allylic oxidation sites excluding steroid dienone is 2. The maximum Gasteiger partial charge on any atom is 0.157 e. The van der Waals surface area contributed by atoms with Gasteiger partial charge in [-0.1, -0.05) is 38.8 Å². The maximum absolute atomic E-state index is 5.77. The SMILES string of the molecule is C=CC1=C(C(=C)C#CC(C)(C)C)OCCCN1C.CC. The van der Waals surface area contributed by atoms with Gasteiger partial charge in [0.25, 0.3) is 0 Å². The summed E-state index contributed by atoms with van der Waals surface area (Å²) in [5.41, 5.74) is 1.67. The standard InChI is InChI=1S/C16H23NO.C2H6/c1-7-14-15(18-12-8-11-17(14)6)13(2)9-10-16(3,4)5;1-2/h7H,1-2,8,11-12H2,3-6H3;1-2H3. The van der Waals surface area contributed by atoms with Crippen LogP contribution in [0.3, 0.4) is 0 Å². The van der Waals surface area contributed by atoms with Gasteiger partial charge in [0.2, 0.25) is 0 Å². The van der Waals surface area contributed by atoms with Crippen molar-refractivity contribution in [2.75, 3.05) is 20.2 Å². The maximum atomic E-state index is 5.77. The van der Waals surface area contributed by atoms with Crippen molar-refractivity contribution in [3.05, 3.63) is 36.3 Å². The second-order valence-corrected chi connectivity index (χ2v) is 5.52. The Morgan fingerprint density at radius 2 is 1.95 bits per heavy atom. The topological polar surface area (TPSA) is 12.5 Å². The second kappa shape index (κ2) is 8.53. The van der Waals surface area contributed by atoms with Crippen molar-refractivity contribution in [2.45, 2.75) is 41.0 Å². The van der Waals surface area contributed by atoms with Gasteiger partial charge in [0.05, 0.1) is 17.9 Å². The summed E-state index contributed by atoms with van der Waals surface area (Å²) >= 11 is 0. The minimum Gasteiger partial charge on any atom is -0.490 e.